The number of piperidine rings is 1. The zero-order valence-corrected chi connectivity index (χ0v) is 13.7. The first-order valence-electron chi connectivity index (χ1n) is 7.88. The molecule has 24 heavy (non-hydrogen) atoms. The van der Waals surface area contributed by atoms with Crippen molar-refractivity contribution in [2.45, 2.75) is 19.8 Å². The molecule has 2 N–H and O–H groups in total. The number of carbonyl (C=O) groups is 3. The molecule has 0 radical (unpaired) electrons. The van der Waals surface area contributed by atoms with Crippen molar-refractivity contribution in [3.63, 3.8) is 0 Å². The Balaban J connectivity index is 1.68. The number of benzene rings is 1. The van der Waals surface area contributed by atoms with E-state index in [0.29, 0.717) is 31.7 Å². The van der Waals surface area contributed by atoms with E-state index in [1.807, 2.05) is 19.1 Å². The molecule has 1 aromatic rings. The van der Waals surface area contributed by atoms with Crippen molar-refractivity contribution in [2.24, 2.45) is 11.7 Å². The second-order valence-corrected chi connectivity index (χ2v) is 5.82. The Labute approximate surface area is 140 Å². The second-order valence-electron chi connectivity index (χ2n) is 5.82. The summed E-state index contributed by atoms with van der Waals surface area (Å²) >= 11 is 0. The molecule has 2 amide bonds. The van der Waals surface area contributed by atoms with Gasteiger partial charge in [0.15, 0.2) is 13.2 Å². The van der Waals surface area contributed by atoms with E-state index >= 15 is 0 Å². The lowest BCUT2D eigenvalue weighted by atomic mass is 9.96. The summed E-state index contributed by atoms with van der Waals surface area (Å²) in [4.78, 5) is 36.3. The Hall–Kier alpha value is -2.57. The maximum Gasteiger partial charge on any atom is 0.344 e. The van der Waals surface area contributed by atoms with Crippen LogP contribution in [0, 0.1) is 12.8 Å². The highest BCUT2D eigenvalue weighted by molar-refractivity contribution is 5.82. The number of amides is 2. The van der Waals surface area contributed by atoms with Gasteiger partial charge in [-0.3, -0.25) is 9.59 Å². The first kappa shape index (κ1) is 17.8. The van der Waals surface area contributed by atoms with Gasteiger partial charge in [0.1, 0.15) is 5.75 Å². The highest BCUT2D eigenvalue weighted by Crippen LogP contribution is 2.16. The number of aryl methyl sites for hydroxylation is 1. The van der Waals surface area contributed by atoms with Crippen molar-refractivity contribution in [1.82, 2.24) is 4.90 Å². The quantitative estimate of drug-likeness (QED) is 0.770. The molecule has 0 atom stereocenters. The van der Waals surface area contributed by atoms with Crippen molar-refractivity contribution in [3.8, 4) is 5.75 Å². The lowest BCUT2D eigenvalue weighted by molar-refractivity contribution is -0.154. The Morgan fingerprint density at radius 3 is 2.54 bits per heavy atom. The lowest BCUT2D eigenvalue weighted by Crippen LogP contribution is -2.43. The molecule has 1 aliphatic rings. The summed E-state index contributed by atoms with van der Waals surface area (Å²) in [5, 5.41) is 0. The normalized spacial score (nSPS) is 15.0. The van der Waals surface area contributed by atoms with Crippen LogP contribution in [0.5, 0.6) is 5.75 Å². The van der Waals surface area contributed by atoms with Gasteiger partial charge in [-0.2, -0.15) is 0 Å². The number of carbonyl (C=O) groups excluding carboxylic acids is 3. The van der Waals surface area contributed by atoms with Gasteiger partial charge >= 0.3 is 5.97 Å². The third-order valence-corrected chi connectivity index (χ3v) is 3.95. The Kier molecular flexibility index (Phi) is 6.17. The van der Waals surface area contributed by atoms with Gasteiger partial charge in [-0.15, -0.1) is 0 Å². The largest absolute Gasteiger partial charge is 0.482 e. The fourth-order valence-corrected chi connectivity index (χ4v) is 2.54. The highest BCUT2D eigenvalue weighted by Gasteiger charge is 2.26. The van der Waals surface area contributed by atoms with Crippen LogP contribution in [0.1, 0.15) is 18.4 Å². The van der Waals surface area contributed by atoms with Crippen LogP contribution in [0.15, 0.2) is 24.3 Å². The van der Waals surface area contributed by atoms with E-state index in [4.69, 9.17) is 15.2 Å². The van der Waals surface area contributed by atoms with Crippen LogP contribution in [0.25, 0.3) is 0 Å². The average Bonchev–Trinajstić information content (AvgIpc) is 2.58. The molecule has 0 bridgehead atoms. The summed E-state index contributed by atoms with van der Waals surface area (Å²) in [5.74, 6) is -0.813. The molecule has 0 saturated carbocycles. The van der Waals surface area contributed by atoms with E-state index in [9.17, 15) is 14.4 Å². The van der Waals surface area contributed by atoms with Crippen molar-refractivity contribution < 1.29 is 23.9 Å². The lowest BCUT2D eigenvalue weighted by Gasteiger charge is -2.30. The van der Waals surface area contributed by atoms with Crippen molar-refractivity contribution in [2.75, 3.05) is 26.3 Å². The summed E-state index contributed by atoms with van der Waals surface area (Å²) in [5.41, 5.74) is 6.28. The molecular weight excluding hydrogens is 312 g/mol. The van der Waals surface area contributed by atoms with Gasteiger partial charge in [-0.25, -0.2) is 4.79 Å². The molecule has 1 aromatic carbocycles. The number of esters is 1. The van der Waals surface area contributed by atoms with Gasteiger partial charge < -0.3 is 20.1 Å². The van der Waals surface area contributed by atoms with Crippen molar-refractivity contribution >= 4 is 17.8 Å². The molecule has 130 valence electrons. The van der Waals surface area contributed by atoms with Gasteiger partial charge in [0, 0.05) is 19.0 Å². The summed E-state index contributed by atoms with van der Waals surface area (Å²) in [6, 6.07) is 7.30. The van der Waals surface area contributed by atoms with Crippen LogP contribution in [0.2, 0.25) is 0 Å². The van der Waals surface area contributed by atoms with E-state index in [-0.39, 0.29) is 30.9 Å². The van der Waals surface area contributed by atoms with E-state index < -0.39 is 5.97 Å². The summed E-state index contributed by atoms with van der Waals surface area (Å²) in [7, 11) is 0. The van der Waals surface area contributed by atoms with Gasteiger partial charge in [0.05, 0.1) is 0 Å². The van der Waals surface area contributed by atoms with Gasteiger partial charge in [-0.05, 0) is 37.5 Å². The molecule has 1 fully saturated rings. The Morgan fingerprint density at radius 2 is 1.92 bits per heavy atom. The minimum atomic E-state index is -0.600. The van der Waals surface area contributed by atoms with Gasteiger partial charge in [0.25, 0.3) is 5.91 Å². The van der Waals surface area contributed by atoms with E-state index in [1.165, 1.54) is 0 Å². The first-order valence-corrected chi connectivity index (χ1v) is 7.88. The predicted molar refractivity (Wildman–Crippen MR) is 86.1 cm³/mol. The molecule has 7 heteroatoms. The number of rotatable bonds is 6. The maximum atomic E-state index is 12.0. The van der Waals surface area contributed by atoms with Crippen LogP contribution in [-0.4, -0.2) is 49.0 Å². The van der Waals surface area contributed by atoms with E-state index in [0.717, 1.165) is 5.56 Å². The molecule has 7 nitrogen and oxygen atoms in total. The zero-order chi connectivity index (χ0) is 17.5. The van der Waals surface area contributed by atoms with Gasteiger partial charge in [-0.1, -0.05) is 12.1 Å². The monoisotopic (exact) mass is 334 g/mol. The summed E-state index contributed by atoms with van der Waals surface area (Å²) in [6.45, 7) is 2.25. The van der Waals surface area contributed by atoms with Crippen molar-refractivity contribution in [1.29, 1.82) is 0 Å². The van der Waals surface area contributed by atoms with Crippen molar-refractivity contribution in [3.05, 3.63) is 29.8 Å². The minimum Gasteiger partial charge on any atom is -0.482 e. The van der Waals surface area contributed by atoms with Crippen LogP contribution in [-0.2, 0) is 19.1 Å². The SMILES string of the molecule is Cc1cccc(OCC(=O)OCC(=O)N2CCC(C(N)=O)CC2)c1. The van der Waals surface area contributed by atoms with Crippen LogP contribution in [0.4, 0.5) is 0 Å². The Bertz CT molecular complexity index is 609. The number of hydrogen-bond donors (Lipinski definition) is 1. The number of ether oxygens (including phenoxy) is 2. The molecule has 0 unspecified atom stereocenters. The molecule has 1 aliphatic heterocycles. The number of likely N-dealkylation sites (tertiary alicyclic amines) is 1. The molecule has 0 aliphatic carbocycles. The third-order valence-electron chi connectivity index (χ3n) is 3.95. The maximum absolute atomic E-state index is 12.0. The van der Waals surface area contributed by atoms with E-state index in [1.54, 1.807) is 17.0 Å². The molecule has 0 aromatic heterocycles. The number of nitrogens with zero attached hydrogens (tertiary/aromatic N) is 1. The minimum absolute atomic E-state index is 0.181. The number of primary amides is 1. The molecule has 1 heterocycles. The molecule has 2 rings (SSSR count). The predicted octanol–water partition coefficient (Wildman–Crippen LogP) is 0.641. The molecule has 0 spiro atoms. The second kappa shape index (κ2) is 8.33. The first-order chi connectivity index (χ1) is 11.5. The van der Waals surface area contributed by atoms with Crippen LogP contribution < -0.4 is 10.5 Å². The molecular formula is C17H22N2O5. The fourth-order valence-electron chi connectivity index (χ4n) is 2.54. The zero-order valence-electron chi connectivity index (χ0n) is 13.7. The van der Waals surface area contributed by atoms with Crippen LogP contribution in [0.3, 0.4) is 0 Å². The van der Waals surface area contributed by atoms with Gasteiger partial charge in [0.2, 0.25) is 5.91 Å². The summed E-state index contributed by atoms with van der Waals surface area (Å²) < 4.78 is 10.3. The Morgan fingerprint density at radius 1 is 1.21 bits per heavy atom. The third kappa shape index (κ3) is 5.26. The fraction of sp³-hybridized carbons (Fsp3) is 0.471. The topological polar surface area (TPSA) is 98.9 Å². The van der Waals surface area contributed by atoms with Crippen LogP contribution >= 0.6 is 0 Å². The summed E-state index contributed by atoms with van der Waals surface area (Å²) in [6.07, 6.45) is 1.09. The number of hydrogen-bond acceptors (Lipinski definition) is 5. The average molecular weight is 334 g/mol. The standard InChI is InChI=1S/C17H22N2O5/c1-12-3-2-4-14(9-12)23-11-16(21)24-10-15(20)19-7-5-13(6-8-19)17(18)22/h2-4,9,13H,5-8,10-11H2,1H3,(H2,18,22). The molecule has 1 saturated heterocycles. The van der Waals surface area contributed by atoms with E-state index in [2.05, 4.69) is 0 Å². The number of nitrogens with two attached hydrogens (primary N) is 1. The smallest absolute Gasteiger partial charge is 0.344 e. The highest BCUT2D eigenvalue weighted by atomic mass is 16.6.